The van der Waals surface area contributed by atoms with Crippen LogP contribution in [0, 0.1) is 6.92 Å². The molecule has 0 aliphatic rings. The van der Waals surface area contributed by atoms with Gasteiger partial charge in [-0.3, -0.25) is 0 Å². The molecule has 0 spiro atoms. The SMILES string of the molecule is CCN(c1cccc(C)c1)c1cnnc(NCc2ccccc2)n1. The van der Waals surface area contributed by atoms with Gasteiger partial charge in [0.15, 0.2) is 5.82 Å². The second kappa shape index (κ2) is 7.55. The highest BCUT2D eigenvalue weighted by Gasteiger charge is 2.10. The lowest BCUT2D eigenvalue weighted by atomic mass is 10.2. The van der Waals surface area contributed by atoms with Crippen LogP contribution in [-0.4, -0.2) is 21.7 Å². The van der Waals surface area contributed by atoms with Crippen LogP contribution in [0.3, 0.4) is 0 Å². The number of benzene rings is 2. The summed E-state index contributed by atoms with van der Waals surface area (Å²) in [6.07, 6.45) is 1.69. The Morgan fingerprint density at radius 3 is 2.62 bits per heavy atom. The van der Waals surface area contributed by atoms with Gasteiger partial charge in [0.25, 0.3) is 0 Å². The Bertz CT molecular complexity index is 789. The van der Waals surface area contributed by atoms with Crippen LogP contribution in [0.25, 0.3) is 0 Å². The van der Waals surface area contributed by atoms with Gasteiger partial charge in [0.1, 0.15) is 0 Å². The first-order chi connectivity index (χ1) is 11.8. The molecule has 1 heterocycles. The third kappa shape index (κ3) is 3.87. The molecule has 24 heavy (non-hydrogen) atoms. The first-order valence-electron chi connectivity index (χ1n) is 8.08. The van der Waals surface area contributed by atoms with Gasteiger partial charge in [0.2, 0.25) is 5.95 Å². The summed E-state index contributed by atoms with van der Waals surface area (Å²) in [6.45, 7) is 5.66. The van der Waals surface area contributed by atoms with Gasteiger partial charge in [0.05, 0.1) is 6.20 Å². The zero-order valence-electron chi connectivity index (χ0n) is 14.0. The van der Waals surface area contributed by atoms with Crippen LogP contribution in [0.4, 0.5) is 17.5 Å². The van der Waals surface area contributed by atoms with E-state index in [1.54, 1.807) is 6.20 Å². The zero-order valence-corrected chi connectivity index (χ0v) is 14.0. The lowest BCUT2D eigenvalue weighted by Gasteiger charge is -2.22. The second-order valence-electron chi connectivity index (χ2n) is 5.56. The maximum Gasteiger partial charge on any atom is 0.244 e. The third-order valence-electron chi connectivity index (χ3n) is 3.75. The van der Waals surface area contributed by atoms with Crippen molar-refractivity contribution in [3.05, 3.63) is 71.9 Å². The Morgan fingerprint density at radius 2 is 1.88 bits per heavy atom. The topological polar surface area (TPSA) is 53.9 Å². The molecule has 0 unspecified atom stereocenters. The molecule has 5 heteroatoms. The summed E-state index contributed by atoms with van der Waals surface area (Å²) >= 11 is 0. The third-order valence-corrected chi connectivity index (χ3v) is 3.75. The molecular formula is C19H21N5. The van der Waals surface area contributed by atoms with Crippen molar-refractivity contribution in [2.24, 2.45) is 0 Å². The molecule has 5 nitrogen and oxygen atoms in total. The van der Waals surface area contributed by atoms with E-state index >= 15 is 0 Å². The normalized spacial score (nSPS) is 10.4. The molecule has 1 aromatic heterocycles. The molecule has 0 saturated heterocycles. The fraction of sp³-hybridized carbons (Fsp3) is 0.211. The molecule has 0 aliphatic carbocycles. The van der Waals surface area contributed by atoms with Gasteiger partial charge in [-0.2, -0.15) is 10.1 Å². The predicted octanol–water partition coefficient (Wildman–Crippen LogP) is 3.95. The van der Waals surface area contributed by atoms with Gasteiger partial charge in [0, 0.05) is 18.8 Å². The van der Waals surface area contributed by atoms with Crippen LogP contribution in [-0.2, 0) is 6.54 Å². The highest BCUT2D eigenvalue weighted by molar-refractivity contribution is 5.60. The van der Waals surface area contributed by atoms with Gasteiger partial charge >= 0.3 is 0 Å². The summed E-state index contributed by atoms with van der Waals surface area (Å²) in [5.41, 5.74) is 3.50. The maximum absolute atomic E-state index is 4.61. The van der Waals surface area contributed by atoms with Gasteiger partial charge in [-0.25, -0.2) is 0 Å². The lowest BCUT2D eigenvalue weighted by molar-refractivity contribution is 0.905. The Balaban J connectivity index is 1.78. The molecule has 1 N–H and O–H groups in total. The molecular weight excluding hydrogens is 298 g/mol. The van der Waals surface area contributed by atoms with Crippen LogP contribution < -0.4 is 10.2 Å². The van der Waals surface area contributed by atoms with E-state index < -0.39 is 0 Å². The predicted molar refractivity (Wildman–Crippen MR) is 97.5 cm³/mol. The van der Waals surface area contributed by atoms with E-state index in [0.29, 0.717) is 12.5 Å². The van der Waals surface area contributed by atoms with Crippen molar-refractivity contribution in [1.29, 1.82) is 0 Å². The van der Waals surface area contributed by atoms with E-state index in [9.17, 15) is 0 Å². The number of aromatic nitrogens is 3. The van der Waals surface area contributed by atoms with Crippen molar-refractivity contribution in [1.82, 2.24) is 15.2 Å². The Hall–Kier alpha value is -2.95. The lowest BCUT2D eigenvalue weighted by Crippen LogP contribution is -2.19. The number of anilines is 3. The highest BCUT2D eigenvalue weighted by atomic mass is 15.3. The van der Waals surface area contributed by atoms with Gasteiger partial charge in [-0.05, 0) is 37.1 Å². The first kappa shape index (κ1) is 15.9. The fourth-order valence-corrected chi connectivity index (χ4v) is 2.55. The van der Waals surface area contributed by atoms with Crippen molar-refractivity contribution >= 4 is 17.5 Å². The number of hydrogen-bond donors (Lipinski definition) is 1. The standard InChI is InChI=1S/C19H21N5/c1-3-24(17-11-7-8-15(2)12-17)18-14-21-23-19(22-18)20-13-16-9-5-4-6-10-16/h4-12,14H,3,13H2,1-2H3,(H,20,22,23). The molecule has 0 saturated carbocycles. The van der Waals surface area contributed by atoms with Gasteiger partial charge < -0.3 is 10.2 Å². The van der Waals surface area contributed by atoms with Crippen molar-refractivity contribution in [3.8, 4) is 0 Å². The highest BCUT2D eigenvalue weighted by Crippen LogP contribution is 2.23. The van der Waals surface area contributed by atoms with Gasteiger partial charge in [-0.15, -0.1) is 5.10 Å². The van der Waals surface area contributed by atoms with E-state index in [0.717, 1.165) is 18.1 Å². The fourth-order valence-electron chi connectivity index (χ4n) is 2.55. The van der Waals surface area contributed by atoms with Crippen LogP contribution in [0.2, 0.25) is 0 Å². The maximum atomic E-state index is 4.61. The average Bonchev–Trinajstić information content (AvgIpc) is 2.62. The van der Waals surface area contributed by atoms with E-state index in [4.69, 9.17) is 0 Å². The summed E-state index contributed by atoms with van der Waals surface area (Å²) in [5, 5.41) is 11.4. The monoisotopic (exact) mass is 319 g/mol. The Labute approximate surface area is 142 Å². The van der Waals surface area contributed by atoms with Crippen molar-refractivity contribution in [2.75, 3.05) is 16.8 Å². The molecule has 0 atom stereocenters. The van der Waals surface area contributed by atoms with Crippen LogP contribution in [0.15, 0.2) is 60.8 Å². The quantitative estimate of drug-likeness (QED) is 0.745. The number of nitrogens with one attached hydrogen (secondary N) is 1. The van der Waals surface area contributed by atoms with Gasteiger partial charge in [-0.1, -0.05) is 42.5 Å². The number of aryl methyl sites for hydroxylation is 1. The molecule has 122 valence electrons. The van der Waals surface area contributed by atoms with E-state index in [1.165, 1.54) is 11.1 Å². The molecule has 0 aliphatic heterocycles. The Morgan fingerprint density at radius 1 is 1.04 bits per heavy atom. The van der Waals surface area contributed by atoms with Crippen LogP contribution >= 0.6 is 0 Å². The van der Waals surface area contributed by atoms with E-state index in [2.05, 4.69) is 75.6 Å². The van der Waals surface area contributed by atoms with Crippen LogP contribution in [0.1, 0.15) is 18.1 Å². The molecule has 0 fully saturated rings. The number of rotatable bonds is 6. The number of nitrogens with zero attached hydrogens (tertiary/aromatic N) is 4. The second-order valence-corrected chi connectivity index (χ2v) is 5.56. The zero-order chi connectivity index (χ0) is 16.8. The molecule has 0 radical (unpaired) electrons. The smallest absolute Gasteiger partial charge is 0.244 e. The van der Waals surface area contributed by atoms with Crippen LogP contribution in [0.5, 0.6) is 0 Å². The molecule has 3 aromatic rings. The molecule has 3 rings (SSSR count). The summed E-state index contributed by atoms with van der Waals surface area (Å²) in [4.78, 5) is 6.73. The van der Waals surface area contributed by atoms with Crippen molar-refractivity contribution in [3.63, 3.8) is 0 Å². The van der Waals surface area contributed by atoms with Crippen molar-refractivity contribution < 1.29 is 0 Å². The van der Waals surface area contributed by atoms with Crippen molar-refractivity contribution in [2.45, 2.75) is 20.4 Å². The molecule has 2 aromatic carbocycles. The summed E-state index contributed by atoms with van der Waals surface area (Å²) < 4.78 is 0. The largest absolute Gasteiger partial charge is 0.349 e. The number of hydrogen-bond acceptors (Lipinski definition) is 5. The minimum atomic E-state index is 0.530. The average molecular weight is 319 g/mol. The summed E-state index contributed by atoms with van der Waals surface area (Å²) in [6, 6.07) is 18.5. The molecule has 0 amide bonds. The minimum absolute atomic E-state index is 0.530. The van der Waals surface area contributed by atoms with E-state index in [-0.39, 0.29) is 0 Å². The Kier molecular flexibility index (Phi) is 5.01. The minimum Gasteiger partial charge on any atom is -0.349 e. The summed E-state index contributed by atoms with van der Waals surface area (Å²) in [5.74, 6) is 1.32. The molecule has 0 bridgehead atoms. The summed E-state index contributed by atoms with van der Waals surface area (Å²) in [7, 11) is 0. The van der Waals surface area contributed by atoms with E-state index in [1.807, 2.05) is 18.2 Å². The first-order valence-corrected chi connectivity index (χ1v) is 8.08.